The number of nitrogens with zero attached hydrogens (tertiary/aromatic N) is 4. The van der Waals surface area contributed by atoms with Crippen LogP contribution >= 0.6 is 0 Å². The van der Waals surface area contributed by atoms with E-state index in [1.54, 1.807) is 4.90 Å². The molecule has 1 N–H and O–H groups in total. The van der Waals surface area contributed by atoms with Gasteiger partial charge in [0.15, 0.2) is 5.69 Å². The van der Waals surface area contributed by atoms with Crippen LogP contribution in [0.15, 0.2) is 12.3 Å². The topological polar surface area (TPSA) is 113 Å². The highest BCUT2D eigenvalue weighted by Crippen LogP contribution is 2.08. The Morgan fingerprint density at radius 1 is 1.27 bits per heavy atom. The zero-order chi connectivity index (χ0) is 16.3. The molecule has 0 unspecified atom stereocenters. The highest BCUT2D eigenvalue weighted by atomic mass is 32.2. The van der Waals surface area contributed by atoms with Gasteiger partial charge in [0.25, 0.3) is 0 Å². The van der Waals surface area contributed by atoms with Crippen LogP contribution in [0.4, 0.5) is 0 Å². The van der Waals surface area contributed by atoms with Gasteiger partial charge < -0.3 is 10.0 Å². The van der Waals surface area contributed by atoms with Crippen molar-refractivity contribution < 1.29 is 23.1 Å². The molecule has 1 aliphatic rings. The average Bonchev–Trinajstić information content (AvgIpc) is 2.93. The fraction of sp³-hybridized carbons (Fsp3) is 0.583. The molecule has 9 nitrogen and oxygen atoms in total. The van der Waals surface area contributed by atoms with E-state index in [1.807, 2.05) is 0 Å². The molecule has 1 aromatic rings. The molecule has 1 saturated heterocycles. The van der Waals surface area contributed by atoms with Gasteiger partial charge in [0, 0.05) is 45.3 Å². The SMILES string of the molecule is CS(=O)(=O)N1CCN(C(=O)CCn2ccc(C(=O)O)n2)CC1. The number of carbonyl (C=O) groups excluding carboxylic acids is 1. The van der Waals surface area contributed by atoms with E-state index in [-0.39, 0.29) is 18.0 Å². The second kappa shape index (κ2) is 6.44. The van der Waals surface area contributed by atoms with E-state index in [1.165, 1.54) is 21.3 Å². The molecule has 122 valence electrons. The van der Waals surface area contributed by atoms with Crippen LogP contribution in [0.25, 0.3) is 0 Å². The van der Waals surface area contributed by atoms with Crippen LogP contribution in [0.1, 0.15) is 16.9 Å². The Kier molecular flexibility index (Phi) is 4.81. The summed E-state index contributed by atoms with van der Waals surface area (Å²) in [5, 5.41) is 12.6. The number of aromatic carboxylic acids is 1. The van der Waals surface area contributed by atoms with Crippen LogP contribution in [0, 0.1) is 0 Å². The summed E-state index contributed by atoms with van der Waals surface area (Å²) in [6.45, 7) is 1.63. The first kappa shape index (κ1) is 16.4. The van der Waals surface area contributed by atoms with Crippen molar-refractivity contribution in [2.24, 2.45) is 0 Å². The number of hydrogen-bond donors (Lipinski definition) is 1. The molecule has 1 aromatic heterocycles. The number of rotatable bonds is 5. The largest absolute Gasteiger partial charge is 0.476 e. The van der Waals surface area contributed by atoms with Gasteiger partial charge in [-0.15, -0.1) is 0 Å². The third-order valence-corrected chi connectivity index (χ3v) is 4.78. The standard InChI is InChI=1S/C12H18N4O5S/c1-22(20,21)16-8-6-14(7-9-16)11(17)3-5-15-4-2-10(13-15)12(18)19/h2,4H,3,5-9H2,1H3,(H,18,19). The fourth-order valence-electron chi connectivity index (χ4n) is 2.24. The van der Waals surface area contributed by atoms with Gasteiger partial charge in [-0.2, -0.15) is 9.40 Å². The van der Waals surface area contributed by atoms with E-state index >= 15 is 0 Å². The summed E-state index contributed by atoms with van der Waals surface area (Å²) < 4.78 is 25.5. The van der Waals surface area contributed by atoms with E-state index in [2.05, 4.69) is 5.10 Å². The Morgan fingerprint density at radius 2 is 1.91 bits per heavy atom. The Morgan fingerprint density at radius 3 is 2.41 bits per heavy atom. The highest BCUT2D eigenvalue weighted by Gasteiger charge is 2.25. The molecular formula is C12H18N4O5S. The Hall–Kier alpha value is -1.94. The lowest BCUT2D eigenvalue weighted by Crippen LogP contribution is -2.50. The van der Waals surface area contributed by atoms with Crippen molar-refractivity contribution >= 4 is 21.9 Å². The zero-order valence-corrected chi connectivity index (χ0v) is 13.0. The van der Waals surface area contributed by atoms with Gasteiger partial charge in [0.05, 0.1) is 6.26 Å². The van der Waals surface area contributed by atoms with Gasteiger partial charge in [-0.1, -0.05) is 0 Å². The van der Waals surface area contributed by atoms with E-state index in [4.69, 9.17) is 5.11 Å². The summed E-state index contributed by atoms with van der Waals surface area (Å²) in [6.07, 6.45) is 2.86. The molecule has 0 bridgehead atoms. The van der Waals surface area contributed by atoms with Crippen LogP contribution in [0.5, 0.6) is 0 Å². The smallest absolute Gasteiger partial charge is 0.356 e. The lowest BCUT2D eigenvalue weighted by atomic mass is 10.3. The van der Waals surface area contributed by atoms with Crippen molar-refractivity contribution in [3.8, 4) is 0 Å². The van der Waals surface area contributed by atoms with Crippen LogP contribution in [-0.4, -0.2) is 76.8 Å². The zero-order valence-electron chi connectivity index (χ0n) is 12.2. The molecule has 10 heteroatoms. The normalized spacial score (nSPS) is 16.7. The van der Waals surface area contributed by atoms with Gasteiger partial charge in [-0.3, -0.25) is 9.48 Å². The molecule has 1 aliphatic heterocycles. The molecule has 0 radical (unpaired) electrons. The maximum Gasteiger partial charge on any atom is 0.356 e. The van der Waals surface area contributed by atoms with Crippen molar-refractivity contribution in [1.82, 2.24) is 19.0 Å². The molecule has 0 saturated carbocycles. The molecule has 2 rings (SSSR count). The number of amides is 1. The minimum Gasteiger partial charge on any atom is -0.476 e. The first-order valence-electron chi connectivity index (χ1n) is 6.77. The molecule has 1 fully saturated rings. The summed E-state index contributed by atoms with van der Waals surface area (Å²) in [7, 11) is -3.21. The van der Waals surface area contributed by atoms with Gasteiger partial charge in [-0.25, -0.2) is 13.2 Å². The van der Waals surface area contributed by atoms with Crippen molar-refractivity contribution in [1.29, 1.82) is 0 Å². The Balaban J connectivity index is 1.82. The number of piperazine rings is 1. The number of sulfonamides is 1. The number of aryl methyl sites for hydroxylation is 1. The minimum atomic E-state index is -3.21. The number of carbonyl (C=O) groups is 2. The van der Waals surface area contributed by atoms with Crippen LogP contribution in [-0.2, 0) is 21.4 Å². The molecule has 0 aliphatic carbocycles. The van der Waals surface area contributed by atoms with Crippen molar-refractivity contribution in [3.63, 3.8) is 0 Å². The molecule has 2 heterocycles. The highest BCUT2D eigenvalue weighted by molar-refractivity contribution is 7.88. The maximum atomic E-state index is 12.1. The van der Waals surface area contributed by atoms with Crippen LogP contribution < -0.4 is 0 Å². The molecule has 0 atom stereocenters. The molecule has 22 heavy (non-hydrogen) atoms. The number of carboxylic acids is 1. The predicted molar refractivity (Wildman–Crippen MR) is 76.8 cm³/mol. The third kappa shape index (κ3) is 4.04. The molecule has 0 aromatic carbocycles. The predicted octanol–water partition coefficient (Wildman–Crippen LogP) is -0.925. The number of hydrogen-bond acceptors (Lipinski definition) is 5. The second-order valence-corrected chi connectivity index (χ2v) is 7.04. The van der Waals surface area contributed by atoms with Crippen molar-refractivity contribution in [2.75, 3.05) is 32.4 Å². The quantitative estimate of drug-likeness (QED) is 0.747. The third-order valence-electron chi connectivity index (χ3n) is 3.47. The number of aromatic nitrogens is 2. The minimum absolute atomic E-state index is 0.0609. The van der Waals surface area contributed by atoms with E-state index in [9.17, 15) is 18.0 Å². The Labute approximate surface area is 128 Å². The van der Waals surface area contributed by atoms with Gasteiger partial charge in [0.2, 0.25) is 15.9 Å². The van der Waals surface area contributed by atoms with Crippen LogP contribution in [0.2, 0.25) is 0 Å². The van der Waals surface area contributed by atoms with E-state index < -0.39 is 16.0 Å². The molecular weight excluding hydrogens is 312 g/mol. The summed E-state index contributed by atoms with van der Waals surface area (Å²) in [4.78, 5) is 24.4. The lowest BCUT2D eigenvalue weighted by molar-refractivity contribution is -0.132. The van der Waals surface area contributed by atoms with E-state index in [0.717, 1.165) is 6.26 Å². The summed E-state index contributed by atoms with van der Waals surface area (Å²) in [6, 6.07) is 1.37. The first-order chi connectivity index (χ1) is 10.3. The molecule has 1 amide bonds. The van der Waals surface area contributed by atoms with Crippen molar-refractivity contribution in [3.05, 3.63) is 18.0 Å². The summed E-state index contributed by atoms with van der Waals surface area (Å²) in [5.41, 5.74) is -0.0609. The summed E-state index contributed by atoms with van der Waals surface area (Å²) >= 11 is 0. The van der Waals surface area contributed by atoms with Gasteiger partial charge in [0.1, 0.15) is 0 Å². The van der Waals surface area contributed by atoms with Crippen molar-refractivity contribution in [2.45, 2.75) is 13.0 Å². The average molecular weight is 330 g/mol. The number of carboxylic acid groups (broad SMARTS) is 1. The van der Waals surface area contributed by atoms with Gasteiger partial charge >= 0.3 is 5.97 Å². The van der Waals surface area contributed by atoms with Crippen LogP contribution in [0.3, 0.4) is 0 Å². The molecule has 0 spiro atoms. The lowest BCUT2D eigenvalue weighted by Gasteiger charge is -2.33. The Bertz CT molecular complexity index is 661. The first-order valence-corrected chi connectivity index (χ1v) is 8.62. The van der Waals surface area contributed by atoms with Gasteiger partial charge in [-0.05, 0) is 6.07 Å². The maximum absolute atomic E-state index is 12.1. The fourth-order valence-corrected chi connectivity index (χ4v) is 3.06. The summed E-state index contributed by atoms with van der Waals surface area (Å²) in [5.74, 6) is -1.21. The monoisotopic (exact) mass is 330 g/mol. The van der Waals surface area contributed by atoms with E-state index in [0.29, 0.717) is 32.7 Å². The second-order valence-electron chi connectivity index (χ2n) is 5.06.